The van der Waals surface area contributed by atoms with Gasteiger partial charge in [0, 0.05) is 43.7 Å². The molecular formula is C27H35F3N7O2P. The first-order valence-electron chi connectivity index (χ1n) is 13.0. The van der Waals surface area contributed by atoms with Gasteiger partial charge in [0.1, 0.15) is 5.69 Å². The van der Waals surface area contributed by atoms with Crippen LogP contribution in [0.5, 0.6) is 0 Å². The summed E-state index contributed by atoms with van der Waals surface area (Å²) in [6.07, 6.45) is 9.15. The summed E-state index contributed by atoms with van der Waals surface area (Å²) in [5.74, 6) is -0.326. The van der Waals surface area contributed by atoms with Gasteiger partial charge in [-0.25, -0.2) is 14.8 Å². The van der Waals surface area contributed by atoms with E-state index in [0.29, 0.717) is 55.1 Å². The minimum absolute atomic E-state index is 0.0395. The summed E-state index contributed by atoms with van der Waals surface area (Å²) < 4.78 is 47.7. The van der Waals surface area contributed by atoms with Crippen molar-refractivity contribution in [2.75, 3.05) is 42.4 Å². The predicted octanol–water partition coefficient (Wildman–Crippen LogP) is 6.21. The molecule has 40 heavy (non-hydrogen) atoms. The molecule has 0 amide bonds. The summed E-state index contributed by atoms with van der Waals surface area (Å²) in [5.41, 5.74) is 5.39. The molecule has 1 aromatic carbocycles. The molecule has 0 saturated carbocycles. The summed E-state index contributed by atoms with van der Waals surface area (Å²) in [4.78, 5) is 21.5. The van der Waals surface area contributed by atoms with E-state index in [9.17, 15) is 18.1 Å². The predicted molar refractivity (Wildman–Crippen MR) is 156 cm³/mol. The van der Waals surface area contributed by atoms with Crippen LogP contribution in [0.1, 0.15) is 37.8 Å². The lowest BCUT2D eigenvalue weighted by Gasteiger charge is -2.19. The van der Waals surface area contributed by atoms with Gasteiger partial charge in [-0.05, 0) is 60.7 Å². The number of nitrogens with one attached hydrogen (secondary N) is 3. The number of likely N-dealkylation sites (N-methyl/N-ethyl adjacent to an activating group) is 1. The van der Waals surface area contributed by atoms with E-state index in [1.165, 1.54) is 6.08 Å². The second-order valence-corrected chi connectivity index (χ2v) is 9.76. The molecule has 3 N–H and O–H groups in total. The highest BCUT2D eigenvalue weighted by Crippen LogP contribution is 2.36. The Morgan fingerprint density at radius 2 is 2.00 bits per heavy atom. The number of aryl methyl sites for hydroxylation is 1. The fourth-order valence-electron chi connectivity index (χ4n) is 4.00. The van der Waals surface area contributed by atoms with E-state index in [4.69, 9.17) is 4.74 Å². The van der Waals surface area contributed by atoms with E-state index in [1.54, 1.807) is 39.4 Å². The lowest BCUT2D eigenvalue weighted by molar-refractivity contribution is 0.144. The summed E-state index contributed by atoms with van der Waals surface area (Å²) in [5, 5.41) is 6.44. The molecule has 9 nitrogen and oxygen atoms in total. The molecule has 0 radical (unpaired) electrons. The number of alkyl halides is 2. The van der Waals surface area contributed by atoms with Crippen LogP contribution in [-0.4, -0.2) is 42.4 Å². The normalized spacial score (nSPS) is 16.3. The summed E-state index contributed by atoms with van der Waals surface area (Å²) in [6.45, 7) is 5.35. The maximum atomic E-state index is 14.3. The number of hydrogen-bond acceptors (Lipinski definition) is 9. The Hall–Kier alpha value is -3.34. The van der Waals surface area contributed by atoms with Crippen LogP contribution in [0, 0.1) is 10.7 Å². The molecule has 0 fully saturated rings. The van der Waals surface area contributed by atoms with E-state index in [0.717, 1.165) is 6.20 Å². The highest BCUT2D eigenvalue weighted by atomic mass is 31.0. The monoisotopic (exact) mass is 577 g/mol. The number of nitrogens with zero attached hydrogens (tertiary/aromatic N) is 4. The first kappa shape index (κ1) is 31.2. The molecule has 2 aromatic rings. The first-order chi connectivity index (χ1) is 19.2. The minimum atomic E-state index is -3.04. The van der Waals surface area contributed by atoms with E-state index < -0.39 is 11.5 Å². The van der Waals surface area contributed by atoms with Crippen molar-refractivity contribution in [3.05, 3.63) is 75.8 Å². The van der Waals surface area contributed by atoms with Crippen LogP contribution in [0.4, 0.5) is 36.3 Å². The molecule has 0 bridgehead atoms. The largest absolute Gasteiger partial charge is 0.380 e. The number of ether oxygens (including phenoxy) is 1. The van der Waals surface area contributed by atoms with Crippen molar-refractivity contribution >= 4 is 32.4 Å². The van der Waals surface area contributed by atoms with Gasteiger partial charge >= 0.3 is 0 Å². The van der Waals surface area contributed by atoms with Gasteiger partial charge in [0.15, 0.2) is 11.6 Å². The average Bonchev–Trinajstić information content (AvgIpc) is 2.90. The van der Waals surface area contributed by atoms with Crippen molar-refractivity contribution in [2.24, 2.45) is 5.18 Å². The molecule has 1 unspecified atom stereocenters. The Kier molecular flexibility index (Phi) is 11.6. The van der Waals surface area contributed by atoms with E-state index >= 15 is 0 Å². The zero-order valence-corrected chi connectivity index (χ0v) is 24.0. The van der Waals surface area contributed by atoms with E-state index in [2.05, 4.69) is 31.3 Å². The van der Waals surface area contributed by atoms with Gasteiger partial charge in [0.25, 0.3) is 5.66 Å². The van der Waals surface area contributed by atoms with Crippen molar-refractivity contribution in [2.45, 2.75) is 45.3 Å². The van der Waals surface area contributed by atoms with Crippen molar-refractivity contribution < 1.29 is 17.9 Å². The lowest BCUT2D eigenvalue weighted by atomic mass is 10.0. The van der Waals surface area contributed by atoms with Crippen LogP contribution in [0.25, 0.3) is 0 Å². The van der Waals surface area contributed by atoms with Gasteiger partial charge in [0.05, 0.1) is 12.8 Å². The van der Waals surface area contributed by atoms with Crippen LogP contribution >= 0.6 is 9.24 Å². The zero-order valence-electron chi connectivity index (χ0n) is 22.8. The Balaban J connectivity index is 1.78. The number of rotatable bonds is 14. The standard InChI is InChI=1S/C27H35F3N7O2P/c1-4-18-13-22(33-21-10-8-6-7-9-20(15-21)27(29,30)40)14-19(24(18)36-38)16-32-35-26-31-17-23(28)25(34-26)37(3)11-12-39-5-2/h6-7,10,13-15,17,32-33H,4-5,8-9,11-12,16,40H2,1-3H3,(H,31,34,35)/b7-6?,20-15+,21-10+. The molecule has 3 rings (SSSR count). The van der Waals surface area contributed by atoms with Gasteiger partial charge < -0.3 is 15.0 Å². The maximum Gasteiger partial charge on any atom is 0.280 e. The molecule has 1 aromatic heterocycles. The van der Waals surface area contributed by atoms with Crippen molar-refractivity contribution in [3.8, 4) is 0 Å². The quantitative estimate of drug-likeness (QED) is 0.0801. The number of hydrazine groups is 1. The van der Waals surface area contributed by atoms with Crippen molar-refractivity contribution in [3.63, 3.8) is 0 Å². The molecule has 1 heterocycles. The molecule has 13 heteroatoms. The number of hydrogen-bond donors (Lipinski definition) is 3. The third-order valence-electron chi connectivity index (χ3n) is 6.11. The van der Waals surface area contributed by atoms with E-state index in [-0.39, 0.29) is 36.0 Å². The first-order valence-corrected chi connectivity index (χ1v) is 13.5. The van der Waals surface area contributed by atoms with Crippen LogP contribution in [0.2, 0.25) is 0 Å². The smallest absolute Gasteiger partial charge is 0.280 e. The van der Waals surface area contributed by atoms with Gasteiger partial charge in [-0.15, -0.1) is 4.91 Å². The molecule has 0 saturated heterocycles. The van der Waals surface area contributed by atoms with Gasteiger partial charge in [-0.2, -0.15) is 13.8 Å². The van der Waals surface area contributed by atoms with Crippen LogP contribution in [0.15, 0.2) is 59.1 Å². The van der Waals surface area contributed by atoms with Crippen molar-refractivity contribution in [1.29, 1.82) is 0 Å². The van der Waals surface area contributed by atoms with Crippen LogP contribution in [0.3, 0.4) is 0 Å². The Morgan fingerprint density at radius 3 is 2.70 bits per heavy atom. The Morgan fingerprint density at radius 1 is 1.23 bits per heavy atom. The second-order valence-electron chi connectivity index (χ2n) is 9.04. The lowest BCUT2D eigenvalue weighted by Crippen LogP contribution is -2.27. The summed E-state index contributed by atoms with van der Waals surface area (Å²) in [7, 11) is 3.28. The molecule has 0 aliphatic heterocycles. The van der Waals surface area contributed by atoms with Crippen LogP contribution < -0.4 is 21.1 Å². The highest BCUT2D eigenvalue weighted by Gasteiger charge is 2.27. The maximum absolute atomic E-state index is 14.3. The summed E-state index contributed by atoms with van der Waals surface area (Å²) >= 11 is 0. The number of aromatic nitrogens is 2. The van der Waals surface area contributed by atoms with Crippen molar-refractivity contribution in [1.82, 2.24) is 15.4 Å². The minimum Gasteiger partial charge on any atom is -0.380 e. The number of nitroso groups, excluding NO2 is 1. The van der Waals surface area contributed by atoms with E-state index in [1.807, 2.05) is 26.0 Å². The molecule has 216 valence electrons. The fraction of sp³-hybridized carbons (Fsp3) is 0.407. The Bertz CT molecular complexity index is 1270. The molecule has 1 atom stereocenters. The van der Waals surface area contributed by atoms with Gasteiger partial charge in [-0.1, -0.05) is 34.4 Å². The van der Waals surface area contributed by atoms with Gasteiger partial charge in [0.2, 0.25) is 5.95 Å². The molecule has 1 aliphatic carbocycles. The average molecular weight is 578 g/mol. The fourth-order valence-corrected chi connectivity index (χ4v) is 4.20. The topological polar surface area (TPSA) is 104 Å². The molecule has 0 spiro atoms. The number of allylic oxidation sites excluding steroid dienone is 5. The molecular weight excluding hydrogens is 542 g/mol. The SMILES string of the molecule is CCOCCN(C)c1nc(NNCc2cc(NC3=C/CC=CC/C(C(F)(F)P)=C\3)cc(CC)c2N=O)ncc1F. The third-order valence-corrected chi connectivity index (χ3v) is 6.48. The number of benzene rings is 1. The third kappa shape index (κ3) is 8.84. The highest BCUT2D eigenvalue weighted by molar-refractivity contribution is 7.18. The molecule has 1 aliphatic rings. The van der Waals surface area contributed by atoms with Gasteiger partial charge in [-0.3, -0.25) is 5.43 Å². The number of halogens is 3. The zero-order chi connectivity index (χ0) is 29.1. The van der Waals surface area contributed by atoms with Crippen LogP contribution in [-0.2, 0) is 17.7 Å². The second kappa shape index (κ2) is 14.9. The summed E-state index contributed by atoms with van der Waals surface area (Å²) in [6, 6.07) is 3.51. The number of anilines is 3. The Labute approximate surface area is 234 Å².